The van der Waals surface area contributed by atoms with Gasteiger partial charge in [-0.1, -0.05) is 0 Å². The molecule has 182 valence electrons. The summed E-state index contributed by atoms with van der Waals surface area (Å²) < 4.78 is 72.5. The summed E-state index contributed by atoms with van der Waals surface area (Å²) in [6.07, 6.45) is 7.10. The van der Waals surface area contributed by atoms with Crippen LogP contribution in [0.4, 0.5) is 17.6 Å². The van der Waals surface area contributed by atoms with E-state index in [1.807, 2.05) is 24.3 Å². The van der Waals surface area contributed by atoms with Crippen LogP contribution in [0.1, 0.15) is 11.1 Å². The van der Waals surface area contributed by atoms with Gasteiger partial charge >= 0.3 is 196 Å². The molecule has 4 unspecified atom stereocenters. The zero-order valence-electron chi connectivity index (χ0n) is 19.5. The molecule has 4 aromatic rings. The Hall–Kier alpha value is -2.57. The van der Waals surface area contributed by atoms with Crippen molar-refractivity contribution in [3.05, 3.63) is 108 Å². The van der Waals surface area contributed by atoms with E-state index in [0.29, 0.717) is 45.2 Å². The van der Waals surface area contributed by atoms with E-state index in [1.54, 1.807) is 33.9 Å². The van der Waals surface area contributed by atoms with Crippen molar-refractivity contribution in [3.8, 4) is 11.4 Å². The second-order valence-corrected chi connectivity index (χ2v) is 51.3. The molecule has 0 radical (unpaired) electrons. The standard InChI is InChI=1S/C25H15F4N2.C5H5.Ti/c26-18-8-10-20(30-12-1-2-13-30)24(28)22(18)16-6-5-7-17(16)23-19(27)9-11-21(25(23)29)31-14-3-4-15-31;1-2-4-5-3-1;/h1-15H;1-5H;. The third-order valence-electron chi connectivity index (χ3n) is 25.2. The van der Waals surface area contributed by atoms with Crippen LogP contribution in [0.2, 0.25) is 33.8 Å². The van der Waals surface area contributed by atoms with E-state index in [4.69, 9.17) is 0 Å². The molecule has 10 aliphatic rings. The Morgan fingerprint density at radius 1 is 0.541 bits per heavy atom. The zero-order chi connectivity index (χ0) is 24.2. The van der Waals surface area contributed by atoms with Crippen molar-refractivity contribution in [3.63, 3.8) is 0 Å². The molecule has 0 bridgehead atoms. The van der Waals surface area contributed by atoms with Gasteiger partial charge < -0.3 is 0 Å². The molecule has 2 nitrogen and oxygen atoms in total. The van der Waals surface area contributed by atoms with Crippen LogP contribution in [0.5, 0.6) is 0 Å². The Kier molecular flexibility index (Phi) is 1.12. The molecular formula is C30H20F4N2Ti. The Morgan fingerprint density at radius 2 is 0.919 bits per heavy atom. The molecule has 0 N–H and O–H groups in total. The van der Waals surface area contributed by atoms with Gasteiger partial charge in [0.1, 0.15) is 0 Å². The van der Waals surface area contributed by atoms with Crippen molar-refractivity contribution in [1.82, 2.24) is 9.13 Å². The Balaban J connectivity index is 1.17. The number of aromatic nitrogens is 2. The van der Waals surface area contributed by atoms with Gasteiger partial charge in [-0.05, 0) is 0 Å². The number of benzene rings is 2. The van der Waals surface area contributed by atoms with Crippen LogP contribution >= 0.6 is 0 Å². The monoisotopic (exact) mass is 532 g/mol. The topological polar surface area (TPSA) is 9.86 Å². The second-order valence-electron chi connectivity index (χ2n) is 18.5. The van der Waals surface area contributed by atoms with Gasteiger partial charge in [-0.15, -0.1) is 0 Å². The van der Waals surface area contributed by atoms with E-state index < -0.39 is 39.6 Å². The van der Waals surface area contributed by atoms with Crippen molar-refractivity contribution in [2.75, 3.05) is 0 Å². The minimum absolute atomic E-state index is 0.238. The Bertz CT molecular complexity index is 2140. The summed E-state index contributed by atoms with van der Waals surface area (Å²) in [4.78, 5) is 0. The first-order valence-corrected chi connectivity index (χ1v) is 22.8. The van der Waals surface area contributed by atoms with Gasteiger partial charge in [-0.2, -0.15) is 0 Å². The fourth-order valence-corrected chi connectivity index (χ4v) is 153. The van der Waals surface area contributed by atoms with E-state index in [9.17, 15) is 0 Å². The molecule has 1 spiro atoms. The van der Waals surface area contributed by atoms with Crippen LogP contribution in [0.25, 0.3) is 11.4 Å². The molecule has 0 aliphatic carbocycles. The molecule has 12 heterocycles. The van der Waals surface area contributed by atoms with Crippen LogP contribution in [0, 0.1) is 23.3 Å². The first kappa shape index (κ1) is 17.1. The Labute approximate surface area is 195 Å². The summed E-state index contributed by atoms with van der Waals surface area (Å²) >= 11 is 0. The van der Waals surface area contributed by atoms with Crippen LogP contribution in [0.15, 0.2) is 73.3 Å². The van der Waals surface area contributed by atoms with Crippen molar-refractivity contribution in [2.45, 2.75) is 41.2 Å². The van der Waals surface area contributed by atoms with E-state index in [0.717, 1.165) is 0 Å². The molecule has 0 amide bonds. The maximum atomic E-state index is 16.8. The third kappa shape index (κ3) is 0.386. The maximum absolute atomic E-state index is 16.8. The summed E-state index contributed by atoms with van der Waals surface area (Å²) in [5.74, 6) is -1.96. The molecule has 10 aliphatic heterocycles. The fourth-order valence-electron chi connectivity index (χ4n) is 29.2. The predicted molar refractivity (Wildman–Crippen MR) is 125 cm³/mol. The summed E-state index contributed by atoms with van der Waals surface area (Å²) in [5, 5.41) is 0. The van der Waals surface area contributed by atoms with Gasteiger partial charge in [0.05, 0.1) is 0 Å². The molecule has 4 atom stereocenters. The second kappa shape index (κ2) is 2.42. The van der Waals surface area contributed by atoms with Crippen LogP contribution in [-0.4, -0.2) is 9.13 Å². The van der Waals surface area contributed by atoms with Crippen molar-refractivity contribution >= 4 is 0 Å². The predicted octanol–water partition coefficient (Wildman–Crippen LogP) is 7.73. The average Bonchev–Trinajstić information content (AvgIpc) is 3.69. The molecule has 2 aromatic carbocycles. The minimum atomic E-state index is -5.25. The molecule has 7 heteroatoms. The molecule has 37 heavy (non-hydrogen) atoms. The molecule has 14 rings (SSSR count). The van der Waals surface area contributed by atoms with E-state index >= 15 is 17.6 Å². The van der Waals surface area contributed by atoms with Gasteiger partial charge in [0.15, 0.2) is 0 Å². The summed E-state index contributed by atoms with van der Waals surface area (Å²) in [6, 6.07) is 13.2. The third-order valence-corrected chi connectivity index (χ3v) is 85.6. The number of rotatable bonds is 4. The summed E-state index contributed by atoms with van der Waals surface area (Å²) in [6.45, 7) is 0. The van der Waals surface area contributed by atoms with Gasteiger partial charge in [0, 0.05) is 0 Å². The Morgan fingerprint density at radius 3 is 1.24 bits per heavy atom. The molecule has 10 fully saturated rings. The summed E-state index contributed by atoms with van der Waals surface area (Å²) in [7, 11) is -5.25. The van der Waals surface area contributed by atoms with Crippen LogP contribution < -0.4 is 0 Å². The molecule has 2 aromatic heterocycles. The molecular weight excluding hydrogens is 512 g/mol. The average molecular weight is 532 g/mol. The SMILES string of the molecule is Fc1ccc(-n2cccc2)c(F)c1[C]12[CH]3[CH]4[CH]5[C]1(c1c(F)ccc(-n6cccc6)c1F)[Ti]43521678[CH]2[CH]1[CH]6[CH]7[CH]28. The van der Waals surface area contributed by atoms with Gasteiger partial charge in [-0.3, -0.25) is 0 Å². The normalized spacial score (nSPS) is 63.1. The zero-order valence-corrected chi connectivity index (χ0v) is 21.0. The number of hydrogen-bond acceptors (Lipinski definition) is 0. The first-order chi connectivity index (χ1) is 17.8. The number of hydrogen-bond donors (Lipinski definition) is 0. The molecule has 0 saturated carbocycles. The fraction of sp³-hybridized carbons (Fsp3) is 0.333. The van der Waals surface area contributed by atoms with Gasteiger partial charge in [-0.25, -0.2) is 0 Å². The van der Waals surface area contributed by atoms with E-state index in [1.165, 1.54) is 24.3 Å². The summed E-state index contributed by atoms with van der Waals surface area (Å²) in [5.41, 5.74) is 1.17. The van der Waals surface area contributed by atoms with Crippen LogP contribution in [-0.2, 0) is 16.3 Å². The van der Waals surface area contributed by atoms with Crippen LogP contribution in [0.3, 0.4) is 0 Å². The van der Waals surface area contributed by atoms with E-state index in [-0.39, 0.29) is 11.1 Å². The quantitative estimate of drug-likeness (QED) is 0.188. The van der Waals surface area contributed by atoms with Gasteiger partial charge in [0.2, 0.25) is 0 Å². The number of halogens is 4. The van der Waals surface area contributed by atoms with E-state index in [2.05, 4.69) is 0 Å². The molecule has 10 saturated heterocycles. The van der Waals surface area contributed by atoms with Crippen molar-refractivity contribution in [2.24, 2.45) is 0 Å². The van der Waals surface area contributed by atoms with Crippen molar-refractivity contribution < 1.29 is 26.5 Å². The van der Waals surface area contributed by atoms with Crippen molar-refractivity contribution in [1.29, 1.82) is 0 Å². The number of fused-ring (bicyclic) bond motifs is 10. The first-order valence-electron chi connectivity index (χ1n) is 14.0. The number of nitrogens with zero attached hydrogens (tertiary/aromatic N) is 2. The van der Waals surface area contributed by atoms with Gasteiger partial charge in [0.25, 0.3) is 0 Å².